The maximum Gasteiger partial charge on any atom is 0.225 e. The Balaban J connectivity index is 0.000000677. The highest BCUT2D eigenvalue weighted by Gasteiger charge is 2.13. The van der Waals surface area contributed by atoms with E-state index in [-0.39, 0.29) is 5.28 Å². The number of thioether (sulfide) groups is 1. The van der Waals surface area contributed by atoms with Gasteiger partial charge in [-0.1, -0.05) is 31.9 Å². The molecule has 0 unspecified atom stereocenters. The van der Waals surface area contributed by atoms with Crippen LogP contribution in [-0.4, -0.2) is 33.2 Å². The van der Waals surface area contributed by atoms with Crippen LogP contribution in [0.5, 0.6) is 0 Å². The molecule has 0 bridgehead atoms. The van der Waals surface area contributed by atoms with Crippen molar-refractivity contribution in [3.05, 3.63) is 21.1 Å². The van der Waals surface area contributed by atoms with Crippen molar-refractivity contribution in [1.82, 2.24) is 14.5 Å². The van der Waals surface area contributed by atoms with Gasteiger partial charge in [0.1, 0.15) is 17.5 Å². The van der Waals surface area contributed by atoms with E-state index in [1.54, 1.807) is 11.8 Å². The molecule has 2 aromatic rings. The standard InChI is InChI=1S/C10H10BrCl2N3OS.C3H8/c1-18-3-2-17-5-16-4-6(11)7-8(12)14-10(13)15-9(7)16;1-3-2/h4H,2-3,5H2,1H3;3H2,1-2H3. The van der Waals surface area contributed by atoms with E-state index in [0.717, 1.165) is 15.6 Å². The van der Waals surface area contributed by atoms with E-state index in [1.165, 1.54) is 6.42 Å². The summed E-state index contributed by atoms with van der Waals surface area (Å²) in [5, 5.41) is 1.21. The molecule has 0 amide bonds. The quantitative estimate of drug-likeness (QED) is 0.380. The van der Waals surface area contributed by atoms with Crippen molar-refractivity contribution in [2.75, 3.05) is 18.6 Å². The number of fused-ring (bicyclic) bond motifs is 1. The van der Waals surface area contributed by atoms with Crippen molar-refractivity contribution >= 4 is 61.9 Å². The summed E-state index contributed by atoms with van der Waals surface area (Å²) in [6, 6.07) is 0. The lowest BCUT2D eigenvalue weighted by Gasteiger charge is -2.05. The predicted molar refractivity (Wildman–Crippen MR) is 95.5 cm³/mol. The Morgan fingerprint density at radius 1 is 1.33 bits per heavy atom. The van der Waals surface area contributed by atoms with Crippen LogP contribution in [0, 0.1) is 0 Å². The minimum absolute atomic E-state index is 0.128. The number of hydrogen-bond acceptors (Lipinski definition) is 4. The van der Waals surface area contributed by atoms with Crippen LogP contribution >= 0.6 is 50.9 Å². The lowest BCUT2D eigenvalue weighted by atomic mass is 10.4. The molecule has 0 N–H and O–H groups in total. The van der Waals surface area contributed by atoms with Gasteiger partial charge in [-0.25, -0.2) is 4.98 Å². The number of nitrogens with zero attached hydrogens (tertiary/aromatic N) is 3. The summed E-state index contributed by atoms with van der Waals surface area (Å²) in [6.07, 6.45) is 5.15. The van der Waals surface area contributed by atoms with Crippen molar-refractivity contribution in [2.45, 2.75) is 27.0 Å². The molecule has 2 heterocycles. The molecule has 0 atom stereocenters. The molecule has 0 radical (unpaired) electrons. The number of halogens is 3. The Labute approximate surface area is 147 Å². The maximum absolute atomic E-state index is 6.04. The van der Waals surface area contributed by atoms with E-state index in [9.17, 15) is 0 Å². The zero-order valence-electron chi connectivity index (χ0n) is 12.2. The van der Waals surface area contributed by atoms with E-state index in [2.05, 4.69) is 39.7 Å². The van der Waals surface area contributed by atoms with Gasteiger partial charge in [-0.3, -0.25) is 0 Å². The molecular formula is C13H18BrCl2N3OS. The first-order chi connectivity index (χ1) is 10.0. The molecule has 118 valence electrons. The first-order valence-electron chi connectivity index (χ1n) is 6.49. The van der Waals surface area contributed by atoms with Crippen LogP contribution in [0.2, 0.25) is 10.4 Å². The molecule has 8 heteroatoms. The molecule has 0 aliphatic carbocycles. The summed E-state index contributed by atoms with van der Waals surface area (Å²) in [5.41, 5.74) is 0.663. The molecule has 2 rings (SSSR count). The van der Waals surface area contributed by atoms with E-state index in [0.29, 0.717) is 24.1 Å². The van der Waals surface area contributed by atoms with E-state index in [1.807, 2.05) is 17.0 Å². The smallest absolute Gasteiger partial charge is 0.225 e. The van der Waals surface area contributed by atoms with Crippen molar-refractivity contribution in [3.63, 3.8) is 0 Å². The fourth-order valence-electron chi connectivity index (χ4n) is 1.48. The number of aromatic nitrogens is 3. The molecule has 0 aliphatic rings. The molecular weight excluding hydrogens is 397 g/mol. The highest BCUT2D eigenvalue weighted by atomic mass is 79.9. The first-order valence-corrected chi connectivity index (χ1v) is 9.43. The van der Waals surface area contributed by atoms with Crippen LogP contribution in [0.1, 0.15) is 20.3 Å². The molecule has 0 aliphatic heterocycles. The van der Waals surface area contributed by atoms with E-state index in [4.69, 9.17) is 27.9 Å². The highest BCUT2D eigenvalue weighted by Crippen LogP contribution is 2.31. The lowest BCUT2D eigenvalue weighted by Crippen LogP contribution is -2.04. The minimum Gasteiger partial charge on any atom is -0.360 e. The van der Waals surface area contributed by atoms with Gasteiger partial charge < -0.3 is 9.30 Å². The summed E-state index contributed by atoms with van der Waals surface area (Å²) in [5.74, 6) is 0.955. The lowest BCUT2D eigenvalue weighted by molar-refractivity contribution is 0.0926. The molecule has 0 spiro atoms. The molecule has 0 saturated carbocycles. The van der Waals surface area contributed by atoms with Gasteiger partial charge in [0.2, 0.25) is 5.28 Å². The maximum atomic E-state index is 6.04. The normalized spacial score (nSPS) is 10.6. The Bertz CT molecular complexity index is 580. The Morgan fingerprint density at radius 2 is 2.00 bits per heavy atom. The average molecular weight is 415 g/mol. The SMILES string of the molecule is CCC.CSCCOCn1cc(Br)c2c(Cl)nc(Cl)nc21. The van der Waals surface area contributed by atoms with Crippen molar-refractivity contribution in [3.8, 4) is 0 Å². The number of hydrogen-bond donors (Lipinski definition) is 0. The van der Waals surface area contributed by atoms with Crippen LogP contribution in [0.15, 0.2) is 10.7 Å². The summed E-state index contributed by atoms with van der Waals surface area (Å²) in [6.45, 7) is 5.34. The fourth-order valence-corrected chi connectivity index (χ4v) is 2.96. The van der Waals surface area contributed by atoms with Crippen molar-refractivity contribution in [1.29, 1.82) is 0 Å². The third kappa shape index (κ3) is 5.60. The summed E-state index contributed by atoms with van der Waals surface area (Å²) >= 11 is 17.0. The zero-order valence-corrected chi connectivity index (χ0v) is 16.1. The van der Waals surface area contributed by atoms with E-state index < -0.39 is 0 Å². The van der Waals surface area contributed by atoms with Crippen LogP contribution < -0.4 is 0 Å². The predicted octanol–water partition coefficient (Wildman–Crippen LogP) is 5.25. The fraction of sp³-hybridized carbons (Fsp3) is 0.538. The third-order valence-electron chi connectivity index (χ3n) is 2.26. The highest BCUT2D eigenvalue weighted by molar-refractivity contribution is 9.10. The van der Waals surface area contributed by atoms with Gasteiger partial charge >= 0.3 is 0 Å². The Kier molecular flexibility index (Phi) is 8.97. The van der Waals surface area contributed by atoms with Crippen LogP contribution in [0.4, 0.5) is 0 Å². The second-order valence-electron chi connectivity index (χ2n) is 4.17. The summed E-state index contributed by atoms with van der Waals surface area (Å²) < 4.78 is 8.21. The first kappa shape index (κ1) is 19.0. The second kappa shape index (κ2) is 9.90. The molecule has 2 aromatic heterocycles. The van der Waals surface area contributed by atoms with Gasteiger partial charge in [0.05, 0.1) is 12.0 Å². The molecule has 4 nitrogen and oxygen atoms in total. The van der Waals surface area contributed by atoms with Gasteiger partial charge in [-0.05, 0) is 33.8 Å². The van der Waals surface area contributed by atoms with Crippen LogP contribution in [0.25, 0.3) is 11.0 Å². The van der Waals surface area contributed by atoms with Crippen molar-refractivity contribution in [2.24, 2.45) is 0 Å². The molecule has 0 aromatic carbocycles. The molecule has 21 heavy (non-hydrogen) atoms. The average Bonchev–Trinajstić information content (AvgIpc) is 2.72. The minimum atomic E-state index is 0.128. The Hall–Kier alpha value is -0.0100. The second-order valence-corrected chi connectivity index (χ2v) is 6.70. The number of ether oxygens (including phenoxy) is 1. The van der Waals surface area contributed by atoms with Gasteiger partial charge in [0.15, 0.2) is 0 Å². The monoisotopic (exact) mass is 413 g/mol. The van der Waals surface area contributed by atoms with Crippen LogP contribution in [0.3, 0.4) is 0 Å². The van der Waals surface area contributed by atoms with E-state index >= 15 is 0 Å². The van der Waals surface area contributed by atoms with Gasteiger partial charge in [0, 0.05) is 16.4 Å². The number of rotatable bonds is 5. The largest absolute Gasteiger partial charge is 0.360 e. The van der Waals surface area contributed by atoms with Crippen LogP contribution in [-0.2, 0) is 11.5 Å². The van der Waals surface area contributed by atoms with Gasteiger partial charge in [-0.15, -0.1) is 0 Å². The van der Waals surface area contributed by atoms with Gasteiger partial charge in [-0.2, -0.15) is 16.7 Å². The third-order valence-corrected chi connectivity index (χ3v) is 3.88. The van der Waals surface area contributed by atoms with Crippen molar-refractivity contribution < 1.29 is 4.74 Å². The topological polar surface area (TPSA) is 39.9 Å². The zero-order chi connectivity index (χ0) is 15.8. The summed E-state index contributed by atoms with van der Waals surface area (Å²) in [7, 11) is 0. The Morgan fingerprint density at radius 3 is 2.62 bits per heavy atom. The van der Waals surface area contributed by atoms with Gasteiger partial charge in [0.25, 0.3) is 0 Å². The molecule has 0 fully saturated rings. The summed E-state index contributed by atoms with van der Waals surface area (Å²) in [4.78, 5) is 8.09. The molecule has 0 saturated heterocycles.